The molecule has 0 spiro atoms. The van der Waals surface area contributed by atoms with Crippen LogP contribution in [-0.4, -0.2) is 17.0 Å². The number of anilines is 1. The highest BCUT2D eigenvalue weighted by molar-refractivity contribution is 14.1. The topological polar surface area (TPSA) is 51.0 Å². The summed E-state index contributed by atoms with van der Waals surface area (Å²) in [5.74, 6) is 2.46. The average Bonchev–Trinajstić information content (AvgIpc) is 2.78. The lowest BCUT2D eigenvalue weighted by molar-refractivity contribution is 0.535. The highest BCUT2D eigenvalue weighted by Crippen LogP contribution is 2.26. The first kappa shape index (κ1) is 13.3. The second-order valence-corrected chi connectivity index (χ2v) is 5.13. The second kappa shape index (κ2) is 5.69. The minimum atomic E-state index is 0.731. The van der Waals surface area contributed by atoms with Gasteiger partial charge in [0.25, 0.3) is 0 Å². The van der Waals surface area contributed by atoms with Crippen LogP contribution in [0.5, 0.6) is 0 Å². The van der Waals surface area contributed by atoms with E-state index < -0.39 is 0 Å². The van der Waals surface area contributed by atoms with Crippen LogP contribution in [0.2, 0.25) is 0 Å². The van der Waals surface area contributed by atoms with Crippen LogP contribution < -0.4 is 5.32 Å². The van der Waals surface area contributed by atoms with Crippen molar-refractivity contribution in [3.63, 3.8) is 0 Å². The predicted octanol–water partition coefficient (Wildman–Crippen LogP) is 3.64. The molecular formula is C13H16IN3O. The van der Waals surface area contributed by atoms with Crippen LogP contribution in [0.15, 0.2) is 16.7 Å². The zero-order chi connectivity index (χ0) is 13.1. The number of halogens is 1. The summed E-state index contributed by atoms with van der Waals surface area (Å²) in [7, 11) is 1.88. The zero-order valence-electron chi connectivity index (χ0n) is 10.7. The SMILES string of the molecule is CCCc1nc(-c2ccoc2C)nc(NC)c1I. The molecule has 0 aliphatic rings. The van der Waals surface area contributed by atoms with Crippen molar-refractivity contribution in [2.45, 2.75) is 26.7 Å². The molecule has 2 rings (SSSR count). The van der Waals surface area contributed by atoms with Crippen molar-refractivity contribution in [1.82, 2.24) is 9.97 Å². The molecule has 0 bridgehead atoms. The van der Waals surface area contributed by atoms with Crippen molar-refractivity contribution in [2.75, 3.05) is 12.4 Å². The molecule has 5 heteroatoms. The maximum Gasteiger partial charge on any atom is 0.165 e. The van der Waals surface area contributed by atoms with Gasteiger partial charge in [0.05, 0.1) is 21.1 Å². The highest BCUT2D eigenvalue weighted by Gasteiger charge is 2.14. The standard InChI is InChI=1S/C13H16IN3O/c1-4-5-10-11(14)13(15-3)17-12(16-10)9-6-7-18-8(9)2/h6-7H,4-5H2,1-3H3,(H,15,16,17). The fourth-order valence-corrected chi connectivity index (χ4v) is 2.58. The van der Waals surface area contributed by atoms with Crippen molar-refractivity contribution in [2.24, 2.45) is 0 Å². The number of rotatable bonds is 4. The van der Waals surface area contributed by atoms with E-state index in [1.54, 1.807) is 6.26 Å². The number of aromatic nitrogens is 2. The molecule has 0 amide bonds. The Morgan fingerprint density at radius 3 is 2.72 bits per heavy atom. The van der Waals surface area contributed by atoms with E-state index in [1.807, 2.05) is 20.0 Å². The van der Waals surface area contributed by atoms with Gasteiger partial charge in [0.1, 0.15) is 11.6 Å². The number of hydrogen-bond acceptors (Lipinski definition) is 4. The van der Waals surface area contributed by atoms with Gasteiger partial charge in [-0.15, -0.1) is 0 Å². The Morgan fingerprint density at radius 2 is 2.17 bits per heavy atom. The van der Waals surface area contributed by atoms with E-state index in [0.717, 1.165) is 45.1 Å². The van der Waals surface area contributed by atoms with Gasteiger partial charge >= 0.3 is 0 Å². The third-order valence-electron chi connectivity index (χ3n) is 2.74. The van der Waals surface area contributed by atoms with E-state index in [2.05, 4.69) is 44.8 Å². The molecule has 0 fully saturated rings. The molecule has 0 aromatic carbocycles. The van der Waals surface area contributed by atoms with Crippen LogP contribution in [0, 0.1) is 10.5 Å². The van der Waals surface area contributed by atoms with Crippen molar-refractivity contribution >= 4 is 28.4 Å². The molecule has 2 aromatic rings. The lowest BCUT2D eigenvalue weighted by Gasteiger charge is -2.10. The average molecular weight is 357 g/mol. The van der Waals surface area contributed by atoms with E-state index >= 15 is 0 Å². The van der Waals surface area contributed by atoms with Crippen molar-refractivity contribution < 1.29 is 4.42 Å². The molecule has 96 valence electrons. The van der Waals surface area contributed by atoms with E-state index in [-0.39, 0.29) is 0 Å². The van der Waals surface area contributed by atoms with Crippen LogP contribution >= 0.6 is 22.6 Å². The minimum absolute atomic E-state index is 0.731. The van der Waals surface area contributed by atoms with Gasteiger partial charge in [-0.25, -0.2) is 9.97 Å². The Kier molecular flexibility index (Phi) is 4.21. The van der Waals surface area contributed by atoms with Gasteiger partial charge in [0.15, 0.2) is 5.82 Å². The summed E-state index contributed by atoms with van der Waals surface area (Å²) >= 11 is 2.30. The predicted molar refractivity (Wildman–Crippen MR) is 80.7 cm³/mol. The highest BCUT2D eigenvalue weighted by atomic mass is 127. The Bertz CT molecular complexity index is 551. The van der Waals surface area contributed by atoms with E-state index in [0.29, 0.717) is 0 Å². The second-order valence-electron chi connectivity index (χ2n) is 4.05. The summed E-state index contributed by atoms with van der Waals surface area (Å²) < 4.78 is 6.42. The summed E-state index contributed by atoms with van der Waals surface area (Å²) in [6.45, 7) is 4.08. The number of furan rings is 1. The van der Waals surface area contributed by atoms with Crippen molar-refractivity contribution in [3.05, 3.63) is 27.4 Å². The molecule has 0 unspecified atom stereocenters. The van der Waals surface area contributed by atoms with Gasteiger partial charge in [-0.2, -0.15) is 0 Å². The Hall–Kier alpha value is -1.11. The van der Waals surface area contributed by atoms with E-state index in [4.69, 9.17) is 4.42 Å². The molecule has 0 aliphatic heterocycles. The summed E-state index contributed by atoms with van der Waals surface area (Å²) in [6, 6.07) is 1.91. The Balaban J connectivity index is 2.55. The Labute approximate surface area is 120 Å². The molecule has 2 aromatic heterocycles. The van der Waals surface area contributed by atoms with Gasteiger partial charge in [0, 0.05) is 7.05 Å². The smallest absolute Gasteiger partial charge is 0.165 e. The van der Waals surface area contributed by atoms with Crippen LogP contribution in [0.1, 0.15) is 24.8 Å². The summed E-state index contributed by atoms with van der Waals surface area (Å²) in [5.41, 5.74) is 2.05. The van der Waals surface area contributed by atoms with Gasteiger partial charge in [-0.3, -0.25) is 0 Å². The molecule has 0 aliphatic carbocycles. The largest absolute Gasteiger partial charge is 0.469 e. The first-order chi connectivity index (χ1) is 8.67. The third kappa shape index (κ3) is 2.50. The van der Waals surface area contributed by atoms with E-state index in [9.17, 15) is 0 Å². The maximum atomic E-state index is 5.32. The van der Waals surface area contributed by atoms with Crippen LogP contribution in [-0.2, 0) is 6.42 Å². The number of aryl methyl sites for hydroxylation is 2. The molecule has 1 N–H and O–H groups in total. The first-order valence-corrected chi connectivity index (χ1v) is 7.03. The Morgan fingerprint density at radius 1 is 1.39 bits per heavy atom. The molecule has 0 saturated carbocycles. The van der Waals surface area contributed by atoms with Crippen molar-refractivity contribution in [3.8, 4) is 11.4 Å². The minimum Gasteiger partial charge on any atom is -0.469 e. The number of hydrogen-bond donors (Lipinski definition) is 1. The lowest BCUT2D eigenvalue weighted by atomic mass is 10.2. The van der Waals surface area contributed by atoms with E-state index in [1.165, 1.54) is 0 Å². The van der Waals surface area contributed by atoms with Crippen molar-refractivity contribution in [1.29, 1.82) is 0 Å². The van der Waals surface area contributed by atoms with Crippen LogP contribution in [0.3, 0.4) is 0 Å². The molecule has 4 nitrogen and oxygen atoms in total. The fourth-order valence-electron chi connectivity index (χ4n) is 1.80. The number of nitrogens with one attached hydrogen (secondary N) is 1. The van der Waals surface area contributed by atoms with Gasteiger partial charge in [-0.1, -0.05) is 13.3 Å². The van der Waals surface area contributed by atoms with Gasteiger partial charge in [-0.05, 0) is 42.0 Å². The molecule has 18 heavy (non-hydrogen) atoms. The summed E-state index contributed by atoms with van der Waals surface area (Å²) in [6.07, 6.45) is 3.70. The molecule has 2 heterocycles. The molecule has 0 saturated heterocycles. The van der Waals surface area contributed by atoms with Gasteiger partial charge in [0.2, 0.25) is 0 Å². The molecular weight excluding hydrogens is 341 g/mol. The monoisotopic (exact) mass is 357 g/mol. The lowest BCUT2D eigenvalue weighted by Crippen LogP contribution is -2.05. The molecule has 0 radical (unpaired) electrons. The fraction of sp³-hybridized carbons (Fsp3) is 0.385. The third-order valence-corrected chi connectivity index (χ3v) is 3.88. The first-order valence-electron chi connectivity index (χ1n) is 5.96. The molecule has 0 atom stereocenters. The summed E-state index contributed by atoms with van der Waals surface area (Å²) in [5, 5.41) is 3.13. The number of nitrogens with zero attached hydrogens (tertiary/aromatic N) is 2. The normalized spacial score (nSPS) is 10.7. The quantitative estimate of drug-likeness (QED) is 0.849. The maximum absolute atomic E-state index is 5.32. The zero-order valence-corrected chi connectivity index (χ0v) is 12.9. The van der Waals surface area contributed by atoms with Crippen LogP contribution in [0.4, 0.5) is 5.82 Å². The summed E-state index contributed by atoms with van der Waals surface area (Å²) in [4.78, 5) is 9.20. The van der Waals surface area contributed by atoms with Crippen LogP contribution in [0.25, 0.3) is 11.4 Å². The van der Waals surface area contributed by atoms with Gasteiger partial charge < -0.3 is 9.73 Å².